The number of rotatable bonds is 30. The Morgan fingerprint density at radius 1 is 0.625 bits per heavy atom. The fraction of sp³-hybridized carbons (Fsp3) is 0.800. The molecule has 0 spiro atoms. The van der Waals surface area contributed by atoms with E-state index in [4.69, 9.17) is 43.6 Å². The summed E-state index contributed by atoms with van der Waals surface area (Å²) in [6.07, 6.45) is 3.92. The highest BCUT2D eigenvalue weighted by atomic mass is 16.6. The maximum atomic E-state index is 11.7. The van der Waals surface area contributed by atoms with Gasteiger partial charge in [0.05, 0.1) is 98.8 Å². The van der Waals surface area contributed by atoms with Crippen LogP contribution in [-0.4, -0.2) is 147 Å². The van der Waals surface area contributed by atoms with Crippen LogP contribution in [0.2, 0.25) is 0 Å². The van der Waals surface area contributed by atoms with Gasteiger partial charge in [-0.1, -0.05) is 0 Å². The summed E-state index contributed by atoms with van der Waals surface area (Å²) in [6.45, 7) is 7.63. The van der Waals surface area contributed by atoms with Gasteiger partial charge in [0.15, 0.2) is 0 Å². The number of aromatic nitrogens is 2. The Bertz CT molecular complexity index is 700. The first-order valence-electron chi connectivity index (χ1n) is 13.5. The predicted octanol–water partition coefficient (Wildman–Crippen LogP) is -1.72. The second-order valence-electron chi connectivity index (χ2n) is 8.09. The van der Waals surface area contributed by atoms with Crippen LogP contribution in [0.15, 0.2) is 12.5 Å². The SMILES string of the molecule is NCCOCCOCCOCCOCCOCCOCCOCCNC(=O)COCC(=O)NCCc1cnc[nH]1. The molecule has 0 aliphatic heterocycles. The van der Waals surface area contributed by atoms with Crippen LogP contribution < -0.4 is 16.4 Å². The number of imidazole rings is 1. The molecule has 0 bridgehead atoms. The van der Waals surface area contributed by atoms with Crippen molar-refractivity contribution in [1.29, 1.82) is 0 Å². The van der Waals surface area contributed by atoms with Gasteiger partial charge in [0, 0.05) is 37.9 Å². The molecule has 0 fully saturated rings. The van der Waals surface area contributed by atoms with E-state index in [9.17, 15) is 9.59 Å². The van der Waals surface area contributed by atoms with Crippen molar-refractivity contribution in [3.8, 4) is 0 Å². The second kappa shape index (κ2) is 28.3. The molecule has 2 amide bonds. The van der Waals surface area contributed by atoms with Gasteiger partial charge in [0.1, 0.15) is 13.2 Å². The molecule has 0 aromatic carbocycles. The van der Waals surface area contributed by atoms with Gasteiger partial charge in [-0.2, -0.15) is 0 Å². The smallest absolute Gasteiger partial charge is 0.246 e. The number of carbonyl (C=O) groups excluding carboxylic acids is 2. The third kappa shape index (κ3) is 24.8. The molecule has 232 valence electrons. The van der Waals surface area contributed by atoms with Gasteiger partial charge in [-0.3, -0.25) is 9.59 Å². The molecule has 40 heavy (non-hydrogen) atoms. The molecule has 0 aliphatic carbocycles. The Hall–Kier alpha value is -2.21. The van der Waals surface area contributed by atoms with E-state index in [1.54, 1.807) is 12.5 Å². The minimum atomic E-state index is -0.315. The number of carbonyl (C=O) groups is 2. The summed E-state index contributed by atoms with van der Waals surface area (Å²) in [7, 11) is 0. The fourth-order valence-corrected chi connectivity index (χ4v) is 2.86. The Morgan fingerprint density at radius 2 is 1.05 bits per heavy atom. The number of nitrogens with one attached hydrogen (secondary N) is 3. The molecule has 0 saturated heterocycles. The standard InChI is InChI=1S/C25H47N5O10/c26-2-5-33-7-9-35-11-13-37-15-17-39-18-16-38-14-12-36-10-8-34-6-4-29-25(32)21-40-20-24(31)28-3-1-23-19-27-22-30-23/h19,22H,1-18,20-21,26H2,(H,27,30)(H,28,31)(H,29,32). The summed E-state index contributed by atoms with van der Waals surface area (Å²) in [5, 5.41) is 5.36. The van der Waals surface area contributed by atoms with Gasteiger partial charge in [0.25, 0.3) is 0 Å². The van der Waals surface area contributed by atoms with Crippen LogP contribution in [0.3, 0.4) is 0 Å². The molecule has 1 aromatic rings. The van der Waals surface area contributed by atoms with E-state index in [1.807, 2.05) is 0 Å². The number of nitrogens with two attached hydrogens (primary N) is 1. The van der Waals surface area contributed by atoms with E-state index in [1.165, 1.54) is 0 Å². The lowest BCUT2D eigenvalue weighted by Gasteiger charge is -2.09. The monoisotopic (exact) mass is 577 g/mol. The lowest BCUT2D eigenvalue weighted by atomic mass is 10.3. The minimum Gasteiger partial charge on any atom is -0.378 e. The van der Waals surface area contributed by atoms with Crippen LogP contribution in [0.5, 0.6) is 0 Å². The Morgan fingerprint density at radius 3 is 1.48 bits per heavy atom. The molecule has 0 radical (unpaired) electrons. The molecule has 1 heterocycles. The molecule has 5 N–H and O–H groups in total. The maximum Gasteiger partial charge on any atom is 0.246 e. The van der Waals surface area contributed by atoms with Crippen LogP contribution in [0.4, 0.5) is 0 Å². The van der Waals surface area contributed by atoms with Crippen LogP contribution in [0, 0.1) is 0 Å². The zero-order valence-electron chi connectivity index (χ0n) is 23.4. The molecule has 0 atom stereocenters. The summed E-state index contributed by atoms with van der Waals surface area (Å²) in [4.78, 5) is 30.2. The Labute approximate surface area is 236 Å². The molecule has 1 rings (SSSR count). The van der Waals surface area contributed by atoms with E-state index in [-0.39, 0.29) is 25.0 Å². The molecule has 1 aromatic heterocycles. The highest BCUT2D eigenvalue weighted by molar-refractivity contribution is 5.79. The van der Waals surface area contributed by atoms with Crippen molar-refractivity contribution in [3.63, 3.8) is 0 Å². The highest BCUT2D eigenvalue weighted by Crippen LogP contribution is 1.90. The Balaban J connectivity index is 1.70. The molecule has 15 heteroatoms. The van der Waals surface area contributed by atoms with Crippen molar-refractivity contribution in [2.45, 2.75) is 6.42 Å². The number of ether oxygens (including phenoxy) is 8. The number of H-pyrrole nitrogens is 1. The quantitative estimate of drug-likeness (QED) is 0.0759. The highest BCUT2D eigenvalue weighted by Gasteiger charge is 2.05. The summed E-state index contributed by atoms with van der Waals surface area (Å²) in [5.41, 5.74) is 6.25. The van der Waals surface area contributed by atoms with Crippen molar-refractivity contribution in [1.82, 2.24) is 20.6 Å². The molecule has 0 saturated carbocycles. The average Bonchev–Trinajstić information content (AvgIpc) is 3.47. The first-order chi connectivity index (χ1) is 19.7. The molecular formula is C25H47N5O10. The lowest BCUT2D eigenvalue weighted by molar-refractivity contribution is -0.131. The van der Waals surface area contributed by atoms with E-state index >= 15 is 0 Å². The maximum absolute atomic E-state index is 11.7. The first kappa shape index (κ1) is 35.8. The van der Waals surface area contributed by atoms with Crippen molar-refractivity contribution in [2.75, 3.05) is 125 Å². The molecule has 0 aliphatic rings. The molecule has 15 nitrogen and oxygen atoms in total. The van der Waals surface area contributed by atoms with Crippen LogP contribution in [0.1, 0.15) is 5.69 Å². The number of amides is 2. The van der Waals surface area contributed by atoms with Crippen molar-refractivity contribution >= 4 is 11.8 Å². The van der Waals surface area contributed by atoms with Gasteiger partial charge < -0.3 is 59.2 Å². The fourth-order valence-electron chi connectivity index (χ4n) is 2.86. The number of hydrogen-bond acceptors (Lipinski definition) is 12. The lowest BCUT2D eigenvalue weighted by Crippen LogP contribution is -2.34. The normalized spacial score (nSPS) is 11.1. The summed E-state index contributed by atoms with van der Waals surface area (Å²) < 4.78 is 42.7. The number of hydrogen-bond donors (Lipinski definition) is 4. The predicted molar refractivity (Wildman–Crippen MR) is 144 cm³/mol. The minimum absolute atomic E-state index is 0.180. The number of aromatic amines is 1. The van der Waals surface area contributed by atoms with Gasteiger partial charge in [-0.15, -0.1) is 0 Å². The average molecular weight is 578 g/mol. The summed E-state index contributed by atoms with van der Waals surface area (Å²) in [5.74, 6) is -0.598. The van der Waals surface area contributed by atoms with E-state index in [0.717, 1.165) is 5.69 Å². The van der Waals surface area contributed by atoms with Crippen LogP contribution in [0.25, 0.3) is 0 Å². The van der Waals surface area contributed by atoms with E-state index in [2.05, 4.69) is 20.6 Å². The first-order valence-corrected chi connectivity index (χ1v) is 13.5. The van der Waals surface area contributed by atoms with Gasteiger partial charge in [-0.25, -0.2) is 4.98 Å². The van der Waals surface area contributed by atoms with Crippen molar-refractivity contribution in [3.05, 3.63) is 18.2 Å². The van der Waals surface area contributed by atoms with E-state index in [0.29, 0.717) is 119 Å². The van der Waals surface area contributed by atoms with Gasteiger partial charge >= 0.3 is 0 Å². The van der Waals surface area contributed by atoms with Crippen LogP contribution in [-0.2, 0) is 53.9 Å². The third-order valence-corrected chi connectivity index (χ3v) is 4.80. The Kier molecular flexibility index (Phi) is 25.4. The third-order valence-electron chi connectivity index (χ3n) is 4.80. The van der Waals surface area contributed by atoms with E-state index < -0.39 is 0 Å². The zero-order chi connectivity index (χ0) is 28.8. The summed E-state index contributed by atoms with van der Waals surface area (Å²) >= 11 is 0. The van der Waals surface area contributed by atoms with Gasteiger partial charge in [-0.05, 0) is 0 Å². The largest absolute Gasteiger partial charge is 0.378 e. The second-order valence-corrected chi connectivity index (χ2v) is 8.09. The van der Waals surface area contributed by atoms with Crippen LogP contribution >= 0.6 is 0 Å². The molecular weight excluding hydrogens is 530 g/mol. The number of nitrogens with zero attached hydrogens (tertiary/aromatic N) is 1. The van der Waals surface area contributed by atoms with Gasteiger partial charge in [0.2, 0.25) is 11.8 Å². The summed E-state index contributed by atoms with van der Waals surface area (Å²) in [6, 6.07) is 0. The topological polar surface area (TPSA) is 187 Å². The zero-order valence-corrected chi connectivity index (χ0v) is 23.4. The van der Waals surface area contributed by atoms with Crippen molar-refractivity contribution < 1.29 is 47.5 Å². The van der Waals surface area contributed by atoms with Crippen molar-refractivity contribution in [2.24, 2.45) is 5.73 Å². The molecule has 0 unspecified atom stereocenters.